The van der Waals surface area contributed by atoms with Gasteiger partial charge in [-0.2, -0.15) is 24.4 Å². The Labute approximate surface area is 89.3 Å². The Balaban J connectivity index is -0.000000249. The van der Waals surface area contributed by atoms with Crippen LogP contribution in [0.3, 0.4) is 0 Å². The molecule has 76 valence electrons. The number of carbonyl (C=O) groups is 1. The third-order valence-electron chi connectivity index (χ3n) is 0.936. The van der Waals surface area contributed by atoms with Gasteiger partial charge in [0, 0.05) is 6.04 Å². The quantitative estimate of drug-likeness (QED) is 0.659. The summed E-state index contributed by atoms with van der Waals surface area (Å²) in [6.45, 7) is 0. The molecule has 0 radical (unpaired) electrons. The van der Waals surface area contributed by atoms with E-state index in [2.05, 4.69) is 12.6 Å². The SMILES string of the molecule is CS.CSCC[C@H](N)C(=O)[O-].Cl. The average molecular weight is 233 g/mol. The van der Waals surface area contributed by atoms with Gasteiger partial charge in [-0.1, -0.05) is 0 Å². The summed E-state index contributed by atoms with van der Waals surface area (Å²) in [6.07, 6.45) is 4.09. The predicted octanol–water partition coefficient (Wildman–Crippen LogP) is -0.215. The van der Waals surface area contributed by atoms with Crippen molar-refractivity contribution in [1.29, 1.82) is 0 Å². The second kappa shape index (κ2) is 14.0. The Hall–Kier alpha value is 0.420. The first-order chi connectivity index (χ1) is 5.18. The Kier molecular flexibility index (Phi) is 21.3. The second-order valence-corrected chi connectivity index (χ2v) is 2.69. The van der Waals surface area contributed by atoms with E-state index in [0.717, 1.165) is 5.75 Å². The van der Waals surface area contributed by atoms with E-state index in [-0.39, 0.29) is 12.4 Å². The van der Waals surface area contributed by atoms with Crippen LogP contribution in [0.15, 0.2) is 0 Å². The fourth-order valence-corrected chi connectivity index (χ4v) is 0.852. The minimum absolute atomic E-state index is 0. The first-order valence-corrected chi connectivity index (χ1v) is 5.37. The van der Waals surface area contributed by atoms with Gasteiger partial charge in [0.2, 0.25) is 0 Å². The van der Waals surface area contributed by atoms with E-state index in [1.54, 1.807) is 18.0 Å². The van der Waals surface area contributed by atoms with Crippen LogP contribution in [-0.2, 0) is 4.79 Å². The number of thiol groups is 1. The molecule has 0 heterocycles. The van der Waals surface area contributed by atoms with Crippen LogP contribution in [0.25, 0.3) is 0 Å². The molecule has 2 N–H and O–H groups in total. The number of hydrogen-bond donors (Lipinski definition) is 2. The number of hydrogen-bond acceptors (Lipinski definition) is 5. The summed E-state index contributed by atoms with van der Waals surface area (Å²) in [5, 5.41) is 9.96. The van der Waals surface area contributed by atoms with E-state index in [0.29, 0.717) is 6.42 Å². The monoisotopic (exact) mass is 232 g/mol. The number of nitrogens with two attached hydrogens (primary N) is 1. The second-order valence-electron chi connectivity index (χ2n) is 1.71. The van der Waals surface area contributed by atoms with Gasteiger partial charge in [-0.15, -0.1) is 12.4 Å². The molecule has 0 aliphatic rings. The van der Waals surface area contributed by atoms with Gasteiger partial charge in [0.15, 0.2) is 0 Å². The highest BCUT2D eigenvalue weighted by atomic mass is 35.5. The van der Waals surface area contributed by atoms with E-state index in [4.69, 9.17) is 5.73 Å². The van der Waals surface area contributed by atoms with Gasteiger partial charge in [0.1, 0.15) is 0 Å². The first-order valence-electron chi connectivity index (χ1n) is 3.08. The zero-order valence-electron chi connectivity index (χ0n) is 7.15. The third kappa shape index (κ3) is 13.0. The van der Waals surface area contributed by atoms with Gasteiger partial charge in [0.25, 0.3) is 0 Å². The molecular formula is C6H15ClNO2S2-. The summed E-state index contributed by atoms with van der Waals surface area (Å²) in [5.74, 6) is -0.390. The molecule has 12 heavy (non-hydrogen) atoms. The number of thioether (sulfide) groups is 1. The van der Waals surface area contributed by atoms with Crippen LogP contribution in [0.2, 0.25) is 0 Å². The summed E-state index contributed by atoms with van der Waals surface area (Å²) >= 11 is 5.10. The number of halogens is 1. The van der Waals surface area contributed by atoms with Crippen LogP contribution in [0.1, 0.15) is 6.42 Å². The molecule has 0 aromatic carbocycles. The van der Waals surface area contributed by atoms with Gasteiger partial charge >= 0.3 is 0 Å². The van der Waals surface area contributed by atoms with Gasteiger partial charge in [-0.25, -0.2) is 0 Å². The van der Waals surface area contributed by atoms with Crippen LogP contribution in [0.5, 0.6) is 0 Å². The Bertz CT molecular complexity index is 106. The molecule has 0 saturated heterocycles. The molecule has 3 nitrogen and oxygen atoms in total. The van der Waals surface area contributed by atoms with Crippen molar-refractivity contribution in [2.75, 3.05) is 18.3 Å². The smallest absolute Gasteiger partial charge is 0.0582 e. The lowest BCUT2D eigenvalue weighted by molar-refractivity contribution is -0.307. The molecule has 0 aliphatic heterocycles. The summed E-state index contributed by atoms with van der Waals surface area (Å²) < 4.78 is 0. The highest BCUT2D eigenvalue weighted by Crippen LogP contribution is 1.96. The number of carbonyl (C=O) groups excluding carboxylic acids is 1. The van der Waals surface area contributed by atoms with E-state index >= 15 is 0 Å². The molecule has 0 rings (SSSR count). The van der Waals surface area contributed by atoms with Crippen molar-refractivity contribution in [2.45, 2.75) is 12.5 Å². The number of aliphatic carboxylic acids is 1. The molecule has 0 fully saturated rings. The summed E-state index contributed by atoms with van der Waals surface area (Å²) in [5.41, 5.74) is 5.13. The molecule has 0 aliphatic carbocycles. The van der Waals surface area contributed by atoms with Crippen molar-refractivity contribution in [3.05, 3.63) is 0 Å². The average Bonchev–Trinajstić information content (AvgIpc) is 2.03. The Morgan fingerprint density at radius 2 is 2.08 bits per heavy atom. The minimum atomic E-state index is -1.16. The van der Waals surface area contributed by atoms with Crippen molar-refractivity contribution >= 4 is 42.8 Å². The maximum atomic E-state index is 9.96. The van der Waals surface area contributed by atoms with Gasteiger partial charge < -0.3 is 15.6 Å². The lowest BCUT2D eigenvalue weighted by Crippen LogP contribution is -2.42. The fourth-order valence-electron chi connectivity index (χ4n) is 0.363. The lowest BCUT2D eigenvalue weighted by Gasteiger charge is -2.10. The van der Waals surface area contributed by atoms with Crippen molar-refractivity contribution in [3.63, 3.8) is 0 Å². The van der Waals surface area contributed by atoms with Crippen molar-refractivity contribution in [3.8, 4) is 0 Å². The number of carboxylic acid groups (broad SMARTS) is 1. The van der Waals surface area contributed by atoms with Crippen LogP contribution < -0.4 is 10.8 Å². The Morgan fingerprint density at radius 1 is 1.67 bits per heavy atom. The first kappa shape index (κ1) is 18.3. The summed E-state index contributed by atoms with van der Waals surface area (Å²) in [7, 11) is 0. The van der Waals surface area contributed by atoms with E-state index in [9.17, 15) is 9.90 Å². The fraction of sp³-hybridized carbons (Fsp3) is 0.833. The van der Waals surface area contributed by atoms with Gasteiger partial charge in [0.05, 0.1) is 5.97 Å². The molecule has 6 heteroatoms. The summed E-state index contributed by atoms with van der Waals surface area (Å²) in [4.78, 5) is 9.96. The summed E-state index contributed by atoms with van der Waals surface area (Å²) in [6, 6.07) is -0.794. The lowest BCUT2D eigenvalue weighted by atomic mass is 10.2. The zero-order chi connectivity index (χ0) is 9.28. The van der Waals surface area contributed by atoms with Crippen molar-refractivity contribution in [1.82, 2.24) is 0 Å². The maximum Gasteiger partial charge on any atom is 0.0582 e. The van der Waals surface area contributed by atoms with Crippen molar-refractivity contribution in [2.24, 2.45) is 5.73 Å². The highest BCUT2D eigenvalue weighted by molar-refractivity contribution is 7.98. The molecular weight excluding hydrogens is 218 g/mol. The van der Waals surface area contributed by atoms with Crippen molar-refractivity contribution < 1.29 is 9.90 Å². The normalized spacial score (nSPS) is 10.3. The largest absolute Gasteiger partial charge is 0.548 e. The molecule has 0 amide bonds. The molecule has 0 aromatic heterocycles. The van der Waals surface area contributed by atoms with Crippen LogP contribution in [0, 0.1) is 0 Å². The standard InChI is InChI=1S/C5H11NO2S.CH4S.ClH/c1-9-3-2-4(6)5(7)8;1-2;/h4H,2-3,6H2,1H3,(H,7,8);2H,1H3;1H/p-1/t4-;;/m0../s1. The molecule has 1 atom stereocenters. The van der Waals surface area contributed by atoms with Crippen LogP contribution in [0.4, 0.5) is 0 Å². The third-order valence-corrected chi connectivity index (χ3v) is 1.58. The van der Waals surface area contributed by atoms with E-state index < -0.39 is 12.0 Å². The Morgan fingerprint density at radius 3 is 2.33 bits per heavy atom. The van der Waals surface area contributed by atoms with E-state index in [1.807, 2.05) is 6.26 Å². The molecule has 0 unspecified atom stereocenters. The predicted molar refractivity (Wildman–Crippen MR) is 58.1 cm³/mol. The van der Waals surface area contributed by atoms with E-state index in [1.165, 1.54) is 0 Å². The molecule has 0 spiro atoms. The van der Waals surface area contributed by atoms with Crippen LogP contribution in [-0.4, -0.2) is 30.3 Å². The number of rotatable bonds is 4. The molecule has 0 bridgehead atoms. The maximum absolute atomic E-state index is 9.96. The van der Waals surface area contributed by atoms with Gasteiger partial charge in [-0.05, 0) is 24.7 Å². The van der Waals surface area contributed by atoms with Gasteiger partial charge in [-0.3, -0.25) is 0 Å². The minimum Gasteiger partial charge on any atom is -0.548 e. The van der Waals surface area contributed by atoms with Crippen LogP contribution >= 0.6 is 36.8 Å². The number of carboxylic acids is 1. The molecule has 0 aromatic rings. The zero-order valence-corrected chi connectivity index (χ0v) is 9.68. The topological polar surface area (TPSA) is 66.2 Å². The molecule has 0 saturated carbocycles. The highest BCUT2D eigenvalue weighted by Gasteiger charge is 2.00.